The predicted molar refractivity (Wildman–Crippen MR) is 76.4 cm³/mol. The van der Waals surface area contributed by atoms with E-state index in [2.05, 4.69) is 20.4 Å². The highest BCUT2D eigenvalue weighted by Crippen LogP contribution is 2.18. The van der Waals surface area contributed by atoms with E-state index in [4.69, 9.17) is 9.26 Å². The van der Waals surface area contributed by atoms with Crippen LogP contribution in [0, 0.1) is 6.92 Å². The first-order valence-electron chi connectivity index (χ1n) is 6.94. The van der Waals surface area contributed by atoms with Crippen LogP contribution < -0.4 is 0 Å². The Balaban J connectivity index is 1.65. The molecule has 0 aliphatic carbocycles. The molecule has 1 aliphatic heterocycles. The molecule has 6 heteroatoms. The van der Waals surface area contributed by atoms with Crippen LogP contribution in [0.2, 0.25) is 0 Å². The van der Waals surface area contributed by atoms with Crippen molar-refractivity contribution in [1.82, 2.24) is 15.0 Å². The van der Waals surface area contributed by atoms with Gasteiger partial charge in [0.05, 0.1) is 25.4 Å². The van der Waals surface area contributed by atoms with Crippen LogP contribution in [0.25, 0.3) is 0 Å². The molecule has 1 fully saturated rings. The monoisotopic (exact) mass is 293 g/mol. The van der Waals surface area contributed by atoms with E-state index < -0.39 is 0 Å². The second-order valence-electron chi connectivity index (χ2n) is 5.17. The first kappa shape index (κ1) is 13.7. The molecule has 1 aliphatic rings. The second-order valence-corrected chi connectivity index (χ2v) is 6.11. The summed E-state index contributed by atoms with van der Waals surface area (Å²) in [5.74, 6) is 0.885. The summed E-state index contributed by atoms with van der Waals surface area (Å²) >= 11 is 1.71. The van der Waals surface area contributed by atoms with Crippen LogP contribution in [-0.4, -0.2) is 34.3 Å². The molecular formula is C14H19N3O2S. The zero-order valence-corrected chi connectivity index (χ0v) is 12.4. The summed E-state index contributed by atoms with van der Waals surface area (Å²) in [7, 11) is 0. The van der Waals surface area contributed by atoms with Crippen molar-refractivity contribution in [3.05, 3.63) is 34.1 Å². The zero-order chi connectivity index (χ0) is 13.8. The molecule has 1 atom stereocenters. The van der Waals surface area contributed by atoms with Crippen LogP contribution in [0.1, 0.15) is 29.3 Å². The molecule has 0 spiro atoms. The van der Waals surface area contributed by atoms with Crippen LogP contribution >= 0.6 is 11.3 Å². The maximum absolute atomic E-state index is 5.74. The van der Waals surface area contributed by atoms with Gasteiger partial charge in [-0.1, -0.05) is 5.16 Å². The van der Waals surface area contributed by atoms with Gasteiger partial charge in [0.15, 0.2) is 5.76 Å². The molecule has 0 bridgehead atoms. The van der Waals surface area contributed by atoms with Gasteiger partial charge in [0.1, 0.15) is 5.01 Å². The average Bonchev–Trinajstić information content (AvgIpc) is 3.13. The fraction of sp³-hybridized carbons (Fsp3) is 0.571. The molecule has 2 aromatic heterocycles. The smallest absolute Gasteiger partial charge is 0.150 e. The number of aromatic nitrogens is 2. The predicted octanol–water partition coefficient (Wildman–Crippen LogP) is 2.62. The Labute approximate surface area is 122 Å². The number of ether oxygens (including phenoxy) is 1. The summed E-state index contributed by atoms with van der Waals surface area (Å²) in [6.07, 6.45) is 4.33. The minimum atomic E-state index is 0.332. The SMILES string of the molecule is Cc1csc(CN(Cc2ccno2)CC2CCCO2)n1. The topological polar surface area (TPSA) is 51.4 Å². The first-order chi connectivity index (χ1) is 9.79. The Kier molecular flexibility index (Phi) is 4.44. The van der Waals surface area contributed by atoms with Gasteiger partial charge in [-0.05, 0) is 19.8 Å². The lowest BCUT2D eigenvalue weighted by Crippen LogP contribution is -2.31. The van der Waals surface area contributed by atoms with Crippen LogP contribution in [0.15, 0.2) is 22.2 Å². The van der Waals surface area contributed by atoms with Gasteiger partial charge < -0.3 is 9.26 Å². The van der Waals surface area contributed by atoms with Gasteiger partial charge >= 0.3 is 0 Å². The first-order valence-corrected chi connectivity index (χ1v) is 7.82. The van der Waals surface area contributed by atoms with E-state index in [1.54, 1.807) is 17.5 Å². The van der Waals surface area contributed by atoms with Gasteiger partial charge in [-0.3, -0.25) is 4.90 Å². The molecule has 1 saturated heterocycles. The summed E-state index contributed by atoms with van der Waals surface area (Å²) in [6, 6.07) is 1.91. The van der Waals surface area contributed by atoms with Gasteiger partial charge in [-0.2, -0.15) is 0 Å². The molecule has 5 nitrogen and oxygen atoms in total. The van der Waals surface area contributed by atoms with Gasteiger partial charge in [0.25, 0.3) is 0 Å². The van der Waals surface area contributed by atoms with Crippen molar-refractivity contribution in [2.45, 2.75) is 39.0 Å². The number of hydrogen-bond acceptors (Lipinski definition) is 6. The van der Waals surface area contributed by atoms with E-state index in [1.807, 2.05) is 13.0 Å². The fourth-order valence-corrected chi connectivity index (χ4v) is 3.29. The Hall–Kier alpha value is -1.24. The molecular weight excluding hydrogens is 274 g/mol. The molecule has 20 heavy (non-hydrogen) atoms. The van der Waals surface area contributed by atoms with Crippen LogP contribution in [-0.2, 0) is 17.8 Å². The highest BCUT2D eigenvalue weighted by molar-refractivity contribution is 7.09. The van der Waals surface area contributed by atoms with Gasteiger partial charge in [-0.15, -0.1) is 11.3 Å². The van der Waals surface area contributed by atoms with E-state index in [-0.39, 0.29) is 0 Å². The normalized spacial score (nSPS) is 19.0. The summed E-state index contributed by atoms with van der Waals surface area (Å²) in [5, 5.41) is 7.00. The molecule has 0 radical (unpaired) electrons. The van der Waals surface area contributed by atoms with Gasteiger partial charge in [-0.25, -0.2) is 4.98 Å². The van der Waals surface area contributed by atoms with E-state index >= 15 is 0 Å². The minimum absolute atomic E-state index is 0.332. The highest BCUT2D eigenvalue weighted by atomic mass is 32.1. The average molecular weight is 293 g/mol. The Morgan fingerprint density at radius 3 is 3.05 bits per heavy atom. The van der Waals surface area contributed by atoms with Gasteiger partial charge in [0.2, 0.25) is 0 Å². The summed E-state index contributed by atoms with van der Waals surface area (Å²) in [4.78, 5) is 6.87. The fourth-order valence-electron chi connectivity index (χ4n) is 2.47. The van der Waals surface area contributed by atoms with Crippen LogP contribution in [0.5, 0.6) is 0 Å². The molecule has 1 unspecified atom stereocenters. The molecule has 3 rings (SSSR count). The number of aryl methyl sites for hydroxylation is 1. The summed E-state index contributed by atoms with van der Waals surface area (Å²) in [5.41, 5.74) is 1.08. The maximum atomic E-state index is 5.74. The zero-order valence-electron chi connectivity index (χ0n) is 11.6. The van der Waals surface area contributed by atoms with Crippen molar-refractivity contribution in [3.63, 3.8) is 0 Å². The van der Waals surface area contributed by atoms with Crippen molar-refractivity contribution in [1.29, 1.82) is 0 Å². The van der Waals surface area contributed by atoms with E-state index in [0.717, 1.165) is 55.5 Å². The van der Waals surface area contributed by atoms with E-state index in [1.165, 1.54) is 0 Å². The lowest BCUT2D eigenvalue weighted by atomic mass is 10.2. The third-order valence-electron chi connectivity index (χ3n) is 3.38. The molecule has 0 aromatic carbocycles. The standard InChI is InChI=1S/C14H19N3O2S/c1-11-10-20-14(16-11)9-17(7-12-3-2-6-18-12)8-13-4-5-15-19-13/h4-5,10,12H,2-3,6-9H2,1H3. The molecule has 108 valence electrons. The van der Waals surface area contributed by atoms with Crippen molar-refractivity contribution in [2.24, 2.45) is 0 Å². The lowest BCUT2D eigenvalue weighted by Gasteiger charge is -2.23. The van der Waals surface area contributed by atoms with Crippen molar-refractivity contribution >= 4 is 11.3 Å². The van der Waals surface area contributed by atoms with Crippen LogP contribution in [0.4, 0.5) is 0 Å². The Morgan fingerprint density at radius 2 is 2.40 bits per heavy atom. The molecule has 2 aromatic rings. The van der Waals surface area contributed by atoms with E-state index in [9.17, 15) is 0 Å². The number of rotatable bonds is 6. The number of hydrogen-bond donors (Lipinski definition) is 0. The van der Waals surface area contributed by atoms with Crippen molar-refractivity contribution in [2.75, 3.05) is 13.2 Å². The maximum Gasteiger partial charge on any atom is 0.150 e. The number of nitrogens with zero attached hydrogens (tertiary/aromatic N) is 3. The lowest BCUT2D eigenvalue weighted by molar-refractivity contribution is 0.0646. The second kappa shape index (κ2) is 6.47. The summed E-state index contributed by atoms with van der Waals surface area (Å²) in [6.45, 7) is 5.41. The van der Waals surface area contributed by atoms with Gasteiger partial charge in [0, 0.05) is 30.3 Å². The third kappa shape index (κ3) is 3.65. The Bertz CT molecular complexity index is 520. The minimum Gasteiger partial charge on any atom is -0.377 e. The van der Waals surface area contributed by atoms with Crippen LogP contribution in [0.3, 0.4) is 0 Å². The molecule has 0 saturated carbocycles. The highest BCUT2D eigenvalue weighted by Gasteiger charge is 2.21. The largest absolute Gasteiger partial charge is 0.377 e. The molecule has 0 N–H and O–H groups in total. The van der Waals surface area contributed by atoms with Crippen molar-refractivity contribution in [3.8, 4) is 0 Å². The quantitative estimate of drug-likeness (QED) is 0.819. The molecule has 3 heterocycles. The Morgan fingerprint density at radius 1 is 1.45 bits per heavy atom. The molecule has 0 amide bonds. The van der Waals surface area contributed by atoms with Crippen molar-refractivity contribution < 1.29 is 9.26 Å². The number of thiazole rings is 1. The summed E-state index contributed by atoms with van der Waals surface area (Å²) < 4.78 is 11.0. The third-order valence-corrected chi connectivity index (χ3v) is 4.33. The van der Waals surface area contributed by atoms with E-state index in [0.29, 0.717) is 6.10 Å².